The van der Waals surface area contributed by atoms with E-state index in [0.717, 1.165) is 19.2 Å². The van der Waals surface area contributed by atoms with Gasteiger partial charge in [-0.25, -0.2) is 0 Å². The van der Waals surface area contributed by atoms with Crippen molar-refractivity contribution in [2.75, 3.05) is 13.2 Å². The predicted molar refractivity (Wildman–Crippen MR) is 78.5 cm³/mol. The lowest BCUT2D eigenvalue weighted by molar-refractivity contribution is 0.0976. The van der Waals surface area contributed by atoms with Gasteiger partial charge in [0, 0.05) is 19.2 Å². The Morgan fingerprint density at radius 3 is 2.89 bits per heavy atom. The molecule has 0 aromatic heterocycles. The molecule has 2 fully saturated rings. The van der Waals surface area contributed by atoms with Crippen molar-refractivity contribution in [2.45, 2.75) is 57.1 Å². The van der Waals surface area contributed by atoms with Gasteiger partial charge in [0.1, 0.15) is 0 Å². The lowest BCUT2D eigenvalue weighted by Crippen LogP contribution is -2.26. The SMILES string of the molecule is Cc1cccc(C(CNC2CC2)CC2CCCO2)c1. The lowest BCUT2D eigenvalue weighted by Gasteiger charge is -2.22. The Balaban J connectivity index is 1.66. The van der Waals surface area contributed by atoms with Crippen LogP contribution in [0.2, 0.25) is 0 Å². The zero-order chi connectivity index (χ0) is 13.1. The molecule has 2 heteroatoms. The van der Waals surface area contributed by atoms with E-state index in [4.69, 9.17) is 4.74 Å². The smallest absolute Gasteiger partial charge is 0.0582 e. The van der Waals surface area contributed by atoms with Crippen LogP contribution >= 0.6 is 0 Å². The van der Waals surface area contributed by atoms with E-state index in [-0.39, 0.29) is 0 Å². The first kappa shape index (κ1) is 13.1. The van der Waals surface area contributed by atoms with Gasteiger partial charge in [-0.2, -0.15) is 0 Å². The molecule has 1 aliphatic heterocycles. The summed E-state index contributed by atoms with van der Waals surface area (Å²) in [6.45, 7) is 4.25. The van der Waals surface area contributed by atoms with Crippen LogP contribution in [0.3, 0.4) is 0 Å². The second-order valence-corrected chi connectivity index (χ2v) is 6.16. The van der Waals surface area contributed by atoms with E-state index >= 15 is 0 Å². The summed E-state index contributed by atoms with van der Waals surface area (Å²) in [7, 11) is 0. The van der Waals surface area contributed by atoms with E-state index in [2.05, 4.69) is 36.5 Å². The van der Waals surface area contributed by atoms with Crippen molar-refractivity contribution in [1.82, 2.24) is 5.32 Å². The lowest BCUT2D eigenvalue weighted by atomic mass is 9.91. The van der Waals surface area contributed by atoms with Gasteiger partial charge >= 0.3 is 0 Å². The molecule has 1 aromatic carbocycles. The number of nitrogens with one attached hydrogen (secondary N) is 1. The molecule has 1 heterocycles. The standard InChI is InChI=1S/C17H25NO/c1-13-4-2-5-14(10-13)15(12-18-16-7-8-16)11-17-6-3-9-19-17/h2,4-5,10,15-18H,3,6-9,11-12H2,1H3. The summed E-state index contributed by atoms with van der Waals surface area (Å²) < 4.78 is 5.83. The first-order valence-electron chi connectivity index (χ1n) is 7.73. The third-order valence-corrected chi connectivity index (χ3v) is 4.32. The van der Waals surface area contributed by atoms with Gasteiger partial charge in [0.2, 0.25) is 0 Å². The number of rotatable bonds is 6. The van der Waals surface area contributed by atoms with Crippen LogP contribution in [0.5, 0.6) is 0 Å². The molecule has 0 spiro atoms. The second-order valence-electron chi connectivity index (χ2n) is 6.16. The number of hydrogen-bond donors (Lipinski definition) is 1. The molecular weight excluding hydrogens is 234 g/mol. The van der Waals surface area contributed by atoms with Crippen molar-refractivity contribution in [3.63, 3.8) is 0 Å². The molecule has 3 rings (SSSR count). The van der Waals surface area contributed by atoms with Gasteiger partial charge < -0.3 is 10.1 Å². The first-order chi connectivity index (χ1) is 9.31. The Hall–Kier alpha value is -0.860. The third kappa shape index (κ3) is 3.80. The largest absolute Gasteiger partial charge is 0.378 e. The molecule has 2 aliphatic rings. The molecule has 19 heavy (non-hydrogen) atoms. The minimum Gasteiger partial charge on any atom is -0.378 e. The maximum atomic E-state index is 5.83. The van der Waals surface area contributed by atoms with Crippen LogP contribution in [0.15, 0.2) is 24.3 Å². The van der Waals surface area contributed by atoms with Crippen LogP contribution in [-0.4, -0.2) is 25.3 Å². The predicted octanol–water partition coefficient (Wildman–Crippen LogP) is 3.40. The summed E-state index contributed by atoms with van der Waals surface area (Å²) in [5.74, 6) is 0.601. The second kappa shape index (κ2) is 6.06. The van der Waals surface area contributed by atoms with Gasteiger partial charge in [0.15, 0.2) is 0 Å². The van der Waals surface area contributed by atoms with Gasteiger partial charge in [-0.05, 0) is 50.5 Å². The molecule has 1 saturated carbocycles. The van der Waals surface area contributed by atoms with Crippen LogP contribution in [0, 0.1) is 6.92 Å². The highest BCUT2D eigenvalue weighted by atomic mass is 16.5. The Morgan fingerprint density at radius 1 is 1.32 bits per heavy atom. The molecule has 1 aliphatic carbocycles. The maximum absolute atomic E-state index is 5.83. The van der Waals surface area contributed by atoms with Crippen LogP contribution in [0.25, 0.3) is 0 Å². The minimum absolute atomic E-state index is 0.478. The molecule has 1 saturated heterocycles. The number of hydrogen-bond acceptors (Lipinski definition) is 2. The maximum Gasteiger partial charge on any atom is 0.0582 e. The summed E-state index contributed by atoms with van der Waals surface area (Å²) in [6, 6.07) is 9.78. The van der Waals surface area contributed by atoms with Crippen LogP contribution in [0.1, 0.15) is 49.1 Å². The highest BCUT2D eigenvalue weighted by Crippen LogP contribution is 2.28. The number of benzene rings is 1. The van der Waals surface area contributed by atoms with E-state index in [1.54, 1.807) is 0 Å². The van der Waals surface area contributed by atoms with E-state index < -0.39 is 0 Å². The fourth-order valence-electron chi connectivity index (χ4n) is 3.01. The minimum atomic E-state index is 0.478. The van der Waals surface area contributed by atoms with Gasteiger partial charge in [0.05, 0.1) is 6.10 Å². The van der Waals surface area contributed by atoms with Crippen molar-refractivity contribution in [1.29, 1.82) is 0 Å². The molecule has 0 amide bonds. The van der Waals surface area contributed by atoms with Gasteiger partial charge in [-0.1, -0.05) is 29.8 Å². The topological polar surface area (TPSA) is 21.3 Å². The monoisotopic (exact) mass is 259 g/mol. The normalized spacial score (nSPS) is 24.6. The summed E-state index contributed by atoms with van der Waals surface area (Å²) in [5.41, 5.74) is 2.84. The van der Waals surface area contributed by atoms with Gasteiger partial charge in [0.25, 0.3) is 0 Å². The third-order valence-electron chi connectivity index (χ3n) is 4.32. The Bertz CT molecular complexity index is 407. The van der Waals surface area contributed by atoms with Gasteiger partial charge in [-0.3, -0.25) is 0 Å². The average Bonchev–Trinajstić information content (AvgIpc) is 3.10. The quantitative estimate of drug-likeness (QED) is 0.845. The molecule has 2 nitrogen and oxygen atoms in total. The van der Waals surface area contributed by atoms with E-state index in [1.807, 2.05) is 0 Å². The fourth-order valence-corrected chi connectivity index (χ4v) is 3.01. The number of ether oxygens (including phenoxy) is 1. The number of aryl methyl sites for hydroxylation is 1. The van der Waals surface area contributed by atoms with E-state index in [1.165, 1.54) is 43.2 Å². The van der Waals surface area contributed by atoms with Crippen molar-refractivity contribution in [3.8, 4) is 0 Å². The first-order valence-corrected chi connectivity index (χ1v) is 7.73. The Kier molecular flexibility index (Phi) is 4.19. The molecule has 104 valence electrons. The van der Waals surface area contributed by atoms with E-state index in [9.17, 15) is 0 Å². The van der Waals surface area contributed by atoms with Crippen molar-refractivity contribution >= 4 is 0 Å². The van der Waals surface area contributed by atoms with Crippen LogP contribution in [0.4, 0.5) is 0 Å². The molecule has 2 atom stereocenters. The Labute approximate surface area is 116 Å². The van der Waals surface area contributed by atoms with Crippen LogP contribution in [-0.2, 0) is 4.74 Å². The molecule has 2 unspecified atom stereocenters. The Morgan fingerprint density at radius 2 is 2.21 bits per heavy atom. The zero-order valence-electron chi connectivity index (χ0n) is 11.9. The molecule has 1 N–H and O–H groups in total. The van der Waals surface area contributed by atoms with Crippen molar-refractivity contribution in [2.24, 2.45) is 0 Å². The zero-order valence-corrected chi connectivity index (χ0v) is 11.9. The fraction of sp³-hybridized carbons (Fsp3) is 0.647. The van der Waals surface area contributed by atoms with Gasteiger partial charge in [-0.15, -0.1) is 0 Å². The highest BCUT2D eigenvalue weighted by molar-refractivity contribution is 5.26. The molecule has 0 radical (unpaired) electrons. The molecule has 1 aromatic rings. The highest BCUT2D eigenvalue weighted by Gasteiger charge is 2.25. The van der Waals surface area contributed by atoms with E-state index in [0.29, 0.717) is 12.0 Å². The van der Waals surface area contributed by atoms with Crippen molar-refractivity contribution < 1.29 is 4.74 Å². The van der Waals surface area contributed by atoms with Crippen LogP contribution < -0.4 is 5.32 Å². The summed E-state index contributed by atoms with van der Waals surface area (Å²) in [6.07, 6.45) is 6.85. The summed E-state index contributed by atoms with van der Waals surface area (Å²) in [4.78, 5) is 0. The molecule has 0 bridgehead atoms. The molecular formula is C17H25NO. The average molecular weight is 259 g/mol. The van der Waals surface area contributed by atoms with Crippen molar-refractivity contribution in [3.05, 3.63) is 35.4 Å². The summed E-state index contributed by atoms with van der Waals surface area (Å²) >= 11 is 0. The summed E-state index contributed by atoms with van der Waals surface area (Å²) in [5, 5.41) is 3.69.